The molecule has 6 rings (SSSR count). The summed E-state index contributed by atoms with van der Waals surface area (Å²) in [6, 6.07) is 12.0. The van der Waals surface area contributed by atoms with E-state index in [1.165, 1.54) is 6.33 Å². The maximum absolute atomic E-state index is 6.15. The largest absolute Gasteiger partial charge is 0.457 e. The lowest BCUT2D eigenvalue weighted by molar-refractivity contribution is 0.187. The van der Waals surface area contributed by atoms with E-state index in [0.29, 0.717) is 35.3 Å². The molecular weight excluding hydrogens is 456 g/mol. The number of hydrogen-bond acceptors (Lipinski definition) is 9. The number of benzene rings is 2. The first kappa shape index (κ1) is 22.2. The van der Waals surface area contributed by atoms with Gasteiger partial charge in [0, 0.05) is 24.7 Å². The van der Waals surface area contributed by atoms with Crippen LogP contribution in [-0.2, 0) is 11.8 Å². The molecular formula is C26H26N8O2. The van der Waals surface area contributed by atoms with Gasteiger partial charge in [-0.3, -0.25) is 0 Å². The molecule has 0 aliphatic carbocycles. The monoisotopic (exact) mass is 482 g/mol. The number of aromatic nitrogens is 6. The Morgan fingerprint density at radius 3 is 2.78 bits per heavy atom. The van der Waals surface area contributed by atoms with Crippen LogP contribution >= 0.6 is 0 Å². The summed E-state index contributed by atoms with van der Waals surface area (Å²) in [4.78, 5) is 22.3. The molecule has 1 aliphatic heterocycles. The number of rotatable bonds is 6. The van der Waals surface area contributed by atoms with Crippen LogP contribution in [0.3, 0.4) is 0 Å². The van der Waals surface area contributed by atoms with Gasteiger partial charge in [0.15, 0.2) is 5.82 Å². The van der Waals surface area contributed by atoms with Crippen molar-refractivity contribution in [2.75, 3.05) is 23.8 Å². The molecule has 0 radical (unpaired) electrons. The third-order valence-corrected chi connectivity index (χ3v) is 6.42. The van der Waals surface area contributed by atoms with E-state index in [9.17, 15) is 0 Å². The van der Waals surface area contributed by atoms with E-state index in [2.05, 4.69) is 37.5 Å². The predicted octanol–water partition coefficient (Wildman–Crippen LogP) is 4.60. The van der Waals surface area contributed by atoms with Gasteiger partial charge in [-0.05, 0) is 42.8 Å². The molecule has 0 amide bonds. The van der Waals surface area contributed by atoms with E-state index in [4.69, 9.17) is 14.5 Å². The van der Waals surface area contributed by atoms with Crippen molar-refractivity contribution in [2.24, 2.45) is 13.0 Å². The fraction of sp³-hybridized carbons (Fsp3) is 0.269. The Bertz CT molecular complexity index is 1570. The Labute approximate surface area is 207 Å². The van der Waals surface area contributed by atoms with E-state index in [1.807, 2.05) is 54.9 Å². The first-order valence-corrected chi connectivity index (χ1v) is 11.8. The lowest BCUT2D eigenvalue weighted by Crippen LogP contribution is -2.26. The summed E-state index contributed by atoms with van der Waals surface area (Å²) in [7, 11) is 1.97. The molecule has 0 bridgehead atoms. The van der Waals surface area contributed by atoms with Crippen molar-refractivity contribution in [3.05, 3.63) is 60.8 Å². The van der Waals surface area contributed by atoms with Gasteiger partial charge in [0.25, 0.3) is 0 Å². The molecule has 10 heteroatoms. The minimum atomic E-state index is 0.178. The highest BCUT2D eigenvalue weighted by Gasteiger charge is 2.25. The summed E-state index contributed by atoms with van der Waals surface area (Å²) in [6.45, 7) is 5.53. The molecule has 1 saturated heterocycles. The van der Waals surface area contributed by atoms with Crippen molar-refractivity contribution >= 4 is 39.5 Å². The zero-order valence-electron chi connectivity index (χ0n) is 20.3. The first-order valence-electron chi connectivity index (χ1n) is 11.8. The minimum Gasteiger partial charge on any atom is -0.457 e. The Morgan fingerprint density at radius 2 is 1.94 bits per heavy atom. The Balaban J connectivity index is 1.23. The van der Waals surface area contributed by atoms with Crippen molar-refractivity contribution in [3.63, 3.8) is 0 Å². The Hall–Kier alpha value is -4.31. The maximum Gasteiger partial charge on any atom is 0.223 e. The fourth-order valence-electron chi connectivity index (χ4n) is 4.31. The SMILES string of the molecule is Cc1cc(Nc2ncnc3cnc(N[C@H]4COC[C@H]4C)nc23)ccc1Oc1ccc2c(c1)ncn2C. The summed E-state index contributed by atoms with van der Waals surface area (Å²) in [5.41, 5.74) is 5.10. The van der Waals surface area contributed by atoms with E-state index < -0.39 is 0 Å². The quantitative estimate of drug-likeness (QED) is 0.359. The van der Waals surface area contributed by atoms with Gasteiger partial charge < -0.3 is 24.7 Å². The highest BCUT2D eigenvalue weighted by Crippen LogP contribution is 2.31. The van der Waals surface area contributed by atoms with Crippen LogP contribution in [0, 0.1) is 12.8 Å². The van der Waals surface area contributed by atoms with Crippen LogP contribution in [0.5, 0.6) is 11.5 Å². The van der Waals surface area contributed by atoms with Crippen LogP contribution in [0.2, 0.25) is 0 Å². The van der Waals surface area contributed by atoms with Gasteiger partial charge in [0.1, 0.15) is 28.9 Å². The predicted molar refractivity (Wildman–Crippen MR) is 138 cm³/mol. The number of anilines is 3. The molecule has 2 atom stereocenters. The zero-order chi connectivity index (χ0) is 24.6. The molecule has 0 unspecified atom stereocenters. The molecule has 2 N–H and O–H groups in total. The van der Waals surface area contributed by atoms with Crippen molar-refractivity contribution < 1.29 is 9.47 Å². The average Bonchev–Trinajstić information content (AvgIpc) is 3.46. The van der Waals surface area contributed by atoms with Crippen LogP contribution in [0.1, 0.15) is 12.5 Å². The number of nitrogens with one attached hydrogen (secondary N) is 2. The number of ether oxygens (including phenoxy) is 2. The van der Waals surface area contributed by atoms with Crippen molar-refractivity contribution in [3.8, 4) is 11.5 Å². The lowest BCUT2D eigenvalue weighted by Gasteiger charge is -2.16. The maximum atomic E-state index is 6.15. The van der Waals surface area contributed by atoms with Gasteiger partial charge in [-0.1, -0.05) is 6.92 Å². The van der Waals surface area contributed by atoms with Gasteiger partial charge in [0.2, 0.25) is 5.95 Å². The fourth-order valence-corrected chi connectivity index (χ4v) is 4.31. The van der Waals surface area contributed by atoms with Crippen LogP contribution in [-0.4, -0.2) is 48.7 Å². The van der Waals surface area contributed by atoms with Crippen LogP contribution in [0.15, 0.2) is 55.2 Å². The van der Waals surface area contributed by atoms with Crippen LogP contribution in [0.25, 0.3) is 22.1 Å². The van der Waals surface area contributed by atoms with E-state index >= 15 is 0 Å². The highest BCUT2D eigenvalue weighted by molar-refractivity contribution is 5.87. The van der Waals surface area contributed by atoms with Gasteiger partial charge in [0.05, 0.1) is 42.8 Å². The summed E-state index contributed by atoms with van der Waals surface area (Å²) in [6.07, 6.45) is 5.01. The van der Waals surface area contributed by atoms with Gasteiger partial charge in [-0.25, -0.2) is 24.9 Å². The number of aryl methyl sites for hydroxylation is 2. The molecule has 0 saturated carbocycles. The van der Waals surface area contributed by atoms with E-state index in [-0.39, 0.29) is 6.04 Å². The lowest BCUT2D eigenvalue weighted by atomic mass is 10.1. The van der Waals surface area contributed by atoms with Crippen LogP contribution < -0.4 is 15.4 Å². The second-order valence-corrected chi connectivity index (χ2v) is 9.13. The number of imidazole rings is 1. The minimum absolute atomic E-state index is 0.178. The normalized spacial score (nSPS) is 17.5. The first-order chi connectivity index (χ1) is 17.5. The molecule has 4 heterocycles. The molecule has 5 aromatic rings. The number of hydrogen-bond donors (Lipinski definition) is 2. The second kappa shape index (κ2) is 9.04. The third kappa shape index (κ3) is 4.27. The van der Waals surface area contributed by atoms with E-state index in [1.54, 1.807) is 12.5 Å². The van der Waals surface area contributed by atoms with Gasteiger partial charge in [-0.15, -0.1) is 0 Å². The zero-order valence-corrected chi connectivity index (χ0v) is 20.3. The molecule has 36 heavy (non-hydrogen) atoms. The molecule has 1 aliphatic rings. The smallest absolute Gasteiger partial charge is 0.223 e. The number of fused-ring (bicyclic) bond motifs is 2. The van der Waals surface area contributed by atoms with Crippen molar-refractivity contribution in [1.29, 1.82) is 0 Å². The third-order valence-electron chi connectivity index (χ3n) is 6.42. The standard InChI is InChI=1S/C26H26N8O2/c1-15-8-17(4-7-23(15)36-18-5-6-22-19(9-18)30-14-34(22)3)31-25-24-20(28-13-29-25)10-27-26(33-24)32-21-12-35-11-16(21)2/h4-10,13-14,16,21H,11-12H2,1-3H3,(H,27,32,33)(H,28,29,31)/t16-,21+/m1/s1. The van der Waals surface area contributed by atoms with Gasteiger partial charge in [-0.2, -0.15) is 0 Å². The molecule has 10 nitrogen and oxygen atoms in total. The average molecular weight is 483 g/mol. The van der Waals surface area contributed by atoms with Crippen molar-refractivity contribution in [2.45, 2.75) is 19.9 Å². The molecule has 182 valence electrons. The Morgan fingerprint density at radius 1 is 1.03 bits per heavy atom. The summed E-state index contributed by atoms with van der Waals surface area (Å²) in [5, 5.41) is 6.75. The summed E-state index contributed by atoms with van der Waals surface area (Å²) >= 11 is 0. The molecule has 3 aromatic heterocycles. The second-order valence-electron chi connectivity index (χ2n) is 9.13. The highest BCUT2D eigenvalue weighted by atomic mass is 16.5. The Kier molecular flexibility index (Phi) is 5.57. The summed E-state index contributed by atoms with van der Waals surface area (Å²) < 4.78 is 13.7. The van der Waals surface area contributed by atoms with Crippen molar-refractivity contribution in [1.82, 2.24) is 29.5 Å². The summed E-state index contributed by atoms with van der Waals surface area (Å²) in [5.74, 6) is 3.04. The topological polar surface area (TPSA) is 112 Å². The van der Waals surface area contributed by atoms with E-state index in [0.717, 1.165) is 40.4 Å². The molecule has 2 aromatic carbocycles. The van der Waals surface area contributed by atoms with Crippen LogP contribution in [0.4, 0.5) is 17.5 Å². The van der Waals surface area contributed by atoms with Gasteiger partial charge >= 0.3 is 0 Å². The molecule has 0 spiro atoms. The number of nitrogens with zero attached hydrogens (tertiary/aromatic N) is 6. The molecule has 1 fully saturated rings.